The van der Waals surface area contributed by atoms with Crippen LogP contribution >= 0.6 is 0 Å². The summed E-state index contributed by atoms with van der Waals surface area (Å²) in [5.74, 6) is -2.01. The molecule has 0 fully saturated rings. The third-order valence-electron chi connectivity index (χ3n) is 4.73. The SMILES string of the molecule is CC(=O)N(CCC(=O)NCC(Cc1cccc(C)c1)C(=O)O)Cc1ccccc1. The maximum atomic E-state index is 12.2. The van der Waals surface area contributed by atoms with Crippen LogP contribution in [0.3, 0.4) is 0 Å². The van der Waals surface area contributed by atoms with E-state index >= 15 is 0 Å². The van der Waals surface area contributed by atoms with Crippen molar-refractivity contribution < 1.29 is 19.5 Å². The fourth-order valence-electron chi connectivity index (χ4n) is 3.08. The molecule has 2 rings (SSSR count). The number of nitrogens with one attached hydrogen (secondary N) is 1. The van der Waals surface area contributed by atoms with Gasteiger partial charge in [0, 0.05) is 33.0 Å². The molecule has 2 aromatic rings. The van der Waals surface area contributed by atoms with E-state index in [1.165, 1.54) is 6.92 Å². The Morgan fingerprint density at radius 1 is 1.03 bits per heavy atom. The van der Waals surface area contributed by atoms with Crippen LogP contribution in [-0.4, -0.2) is 40.9 Å². The number of hydrogen-bond acceptors (Lipinski definition) is 3. The molecule has 29 heavy (non-hydrogen) atoms. The second kappa shape index (κ2) is 11.0. The minimum Gasteiger partial charge on any atom is -0.481 e. The van der Waals surface area contributed by atoms with Crippen molar-refractivity contribution in [3.05, 3.63) is 71.3 Å². The molecule has 0 saturated carbocycles. The van der Waals surface area contributed by atoms with Crippen LogP contribution < -0.4 is 5.32 Å². The molecule has 1 unspecified atom stereocenters. The molecule has 2 amide bonds. The van der Waals surface area contributed by atoms with E-state index in [2.05, 4.69) is 5.32 Å². The number of benzene rings is 2. The summed E-state index contributed by atoms with van der Waals surface area (Å²) in [4.78, 5) is 37.2. The molecule has 6 nitrogen and oxygen atoms in total. The van der Waals surface area contributed by atoms with Gasteiger partial charge in [-0.25, -0.2) is 0 Å². The fraction of sp³-hybridized carbons (Fsp3) is 0.348. The number of carboxylic acid groups (broad SMARTS) is 1. The predicted molar refractivity (Wildman–Crippen MR) is 111 cm³/mol. The lowest BCUT2D eigenvalue weighted by Gasteiger charge is -2.21. The van der Waals surface area contributed by atoms with Crippen molar-refractivity contribution in [3.8, 4) is 0 Å². The molecule has 0 aliphatic heterocycles. The van der Waals surface area contributed by atoms with Gasteiger partial charge in [0.25, 0.3) is 0 Å². The maximum Gasteiger partial charge on any atom is 0.308 e. The summed E-state index contributed by atoms with van der Waals surface area (Å²) in [5, 5.41) is 12.2. The second-order valence-corrected chi connectivity index (χ2v) is 7.21. The molecule has 0 radical (unpaired) electrons. The van der Waals surface area contributed by atoms with Crippen molar-refractivity contribution in [1.29, 1.82) is 0 Å². The van der Waals surface area contributed by atoms with Gasteiger partial charge >= 0.3 is 5.97 Å². The number of carbonyl (C=O) groups is 3. The summed E-state index contributed by atoms with van der Waals surface area (Å²) >= 11 is 0. The van der Waals surface area contributed by atoms with Gasteiger partial charge in [-0.2, -0.15) is 0 Å². The highest BCUT2D eigenvalue weighted by Crippen LogP contribution is 2.11. The first-order valence-corrected chi connectivity index (χ1v) is 9.69. The van der Waals surface area contributed by atoms with Crippen molar-refractivity contribution in [2.24, 2.45) is 5.92 Å². The number of aryl methyl sites for hydroxylation is 1. The summed E-state index contributed by atoms with van der Waals surface area (Å²) in [7, 11) is 0. The largest absolute Gasteiger partial charge is 0.481 e. The second-order valence-electron chi connectivity index (χ2n) is 7.21. The Morgan fingerprint density at radius 2 is 1.72 bits per heavy atom. The van der Waals surface area contributed by atoms with Crippen molar-refractivity contribution in [1.82, 2.24) is 10.2 Å². The Labute approximate surface area is 171 Å². The average Bonchev–Trinajstić information content (AvgIpc) is 2.68. The molecule has 0 aromatic heterocycles. The first-order chi connectivity index (χ1) is 13.8. The highest BCUT2D eigenvalue weighted by atomic mass is 16.4. The van der Waals surface area contributed by atoms with Gasteiger partial charge in [-0.15, -0.1) is 0 Å². The molecule has 0 saturated heterocycles. The normalized spacial score (nSPS) is 11.5. The number of aliphatic carboxylic acids is 1. The molecule has 2 aromatic carbocycles. The molecular weight excluding hydrogens is 368 g/mol. The van der Waals surface area contributed by atoms with Crippen LogP contribution in [0, 0.1) is 12.8 Å². The quantitative estimate of drug-likeness (QED) is 0.647. The molecule has 0 bridgehead atoms. The van der Waals surface area contributed by atoms with Gasteiger partial charge in [0.05, 0.1) is 5.92 Å². The van der Waals surface area contributed by atoms with Crippen molar-refractivity contribution >= 4 is 17.8 Å². The van der Waals surface area contributed by atoms with Gasteiger partial charge in [0.15, 0.2) is 0 Å². The van der Waals surface area contributed by atoms with Gasteiger partial charge < -0.3 is 15.3 Å². The van der Waals surface area contributed by atoms with Crippen molar-refractivity contribution in [2.45, 2.75) is 33.2 Å². The molecule has 0 spiro atoms. The zero-order valence-electron chi connectivity index (χ0n) is 16.9. The number of rotatable bonds is 10. The van der Waals surface area contributed by atoms with Gasteiger partial charge in [-0.05, 0) is 24.5 Å². The Balaban J connectivity index is 1.84. The third-order valence-corrected chi connectivity index (χ3v) is 4.73. The van der Waals surface area contributed by atoms with Crippen LogP contribution in [0.2, 0.25) is 0 Å². The lowest BCUT2D eigenvalue weighted by Crippen LogP contribution is -2.37. The third kappa shape index (κ3) is 7.78. The van der Waals surface area contributed by atoms with Gasteiger partial charge in [0.1, 0.15) is 0 Å². The summed E-state index contributed by atoms with van der Waals surface area (Å²) in [5.41, 5.74) is 2.99. The molecule has 6 heteroatoms. The van der Waals surface area contributed by atoms with Crippen LogP contribution in [0.5, 0.6) is 0 Å². The summed E-state index contributed by atoms with van der Waals surface area (Å²) in [6, 6.07) is 17.3. The molecule has 0 heterocycles. The lowest BCUT2D eigenvalue weighted by molar-refractivity contribution is -0.141. The monoisotopic (exact) mass is 396 g/mol. The predicted octanol–water partition coefficient (Wildman–Crippen LogP) is 2.79. The average molecular weight is 396 g/mol. The standard InChI is InChI=1S/C23H28N2O4/c1-17-7-6-10-20(13-17)14-21(23(28)29)15-24-22(27)11-12-25(18(2)26)16-19-8-4-3-5-9-19/h3-10,13,21H,11-12,14-16H2,1-2H3,(H,24,27)(H,28,29). The van der Waals surface area contributed by atoms with E-state index < -0.39 is 11.9 Å². The lowest BCUT2D eigenvalue weighted by atomic mass is 9.98. The smallest absolute Gasteiger partial charge is 0.308 e. The number of carbonyl (C=O) groups excluding carboxylic acids is 2. The van der Waals surface area contributed by atoms with E-state index in [1.807, 2.05) is 61.5 Å². The summed E-state index contributed by atoms with van der Waals surface area (Å²) < 4.78 is 0. The van der Waals surface area contributed by atoms with Crippen LogP contribution in [0.15, 0.2) is 54.6 Å². The van der Waals surface area contributed by atoms with Crippen LogP contribution in [-0.2, 0) is 27.3 Å². The minimum absolute atomic E-state index is 0.0564. The topological polar surface area (TPSA) is 86.7 Å². The highest BCUT2D eigenvalue weighted by molar-refractivity contribution is 5.79. The van der Waals surface area contributed by atoms with Gasteiger partial charge in [-0.1, -0.05) is 60.2 Å². The van der Waals surface area contributed by atoms with E-state index in [9.17, 15) is 19.5 Å². The zero-order valence-corrected chi connectivity index (χ0v) is 16.9. The van der Waals surface area contributed by atoms with E-state index in [-0.39, 0.29) is 31.3 Å². The van der Waals surface area contributed by atoms with E-state index in [0.29, 0.717) is 13.0 Å². The zero-order chi connectivity index (χ0) is 21.2. The first kappa shape index (κ1) is 22.1. The van der Waals surface area contributed by atoms with E-state index in [1.54, 1.807) is 4.90 Å². The fourth-order valence-corrected chi connectivity index (χ4v) is 3.08. The van der Waals surface area contributed by atoms with Crippen molar-refractivity contribution in [3.63, 3.8) is 0 Å². The minimum atomic E-state index is -0.943. The van der Waals surface area contributed by atoms with Crippen molar-refractivity contribution in [2.75, 3.05) is 13.1 Å². The molecule has 0 aliphatic rings. The van der Waals surface area contributed by atoms with Gasteiger partial charge in [0.2, 0.25) is 11.8 Å². The molecule has 0 aliphatic carbocycles. The number of nitrogens with zero attached hydrogens (tertiary/aromatic N) is 1. The maximum absolute atomic E-state index is 12.2. The Kier molecular flexibility index (Phi) is 8.40. The van der Waals surface area contributed by atoms with Crippen LogP contribution in [0.1, 0.15) is 30.0 Å². The Bertz CT molecular complexity index is 836. The van der Waals surface area contributed by atoms with Crippen LogP contribution in [0.25, 0.3) is 0 Å². The highest BCUT2D eigenvalue weighted by Gasteiger charge is 2.19. The number of carboxylic acids is 1. The number of amides is 2. The van der Waals surface area contributed by atoms with E-state index in [4.69, 9.17) is 0 Å². The molecule has 1 atom stereocenters. The summed E-state index contributed by atoms with van der Waals surface area (Å²) in [6.45, 7) is 4.21. The molecule has 2 N–H and O–H groups in total. The van der Waals surface area contributed by atoms with Crippen LogP contribution in [0.4, 0.5) is 0 Å². The first-order valence-electron chi connectivity index (χ1n) is 9.69. The molecular formula is C23H28N2O4. The van der Waals surface area contributed by atoms with Gasteiger partial charge in [-0.3, -0.25) is 14.4 Å². The van der Waals surface area contributed by atoms with E-state index in [0.717, 1.165) is 16.7 Å². The Morgan fingerprint density at radius 3 is 2.34 bits per heavy atom. The number of hydrogen-bond donors (Lipinski definition) is 2. The Hall–Kier alpha value is -3.15. The summed E-state index contributed by atoms with van der Waals surface area (Å²) in [6.07, 6.45) is 0.480. The molecule has 154 valence electrons.